The molecule has 2 N–H and O–H groups in total. The molecule has 0 aliphatic heterocycles. The third-order valence-electron chi connectivity index (χ3n) is 5.22. The van der Waals surface area contributed by atoms with E-state index in [1.165, 1.54) is 13.8 Å². The number of nitrogens with one attached hydrogen (secondary N) is 1. The highest BCUT2D eigenvalue weighted by molar-refractivity contribution is 6.33. The zero-order valence-corrected chi connectivity index (χ0v) is 18.5. The Hall–Kier alpha value is -3.02. The Morgan fingerprint density at radius 3 is 1.97 bits per heavy atom. The van der Waals surface area contributed by atoms with Gasteiger partial charge in [0, 0.05) is 12.0 Å². The number of halogens is 8. The number of carbonyl (C=O) groups is 2. The number of carboxylic acids is 1. The van der Waals surface area contributed by atoms with Crippen LogP contribution in [0.15, 0.2) is 18.2 Å². The summed E-state index contributed by atoms with van der Waals surface area (Å²) < 4.78 is 101. The highest BCUT2D eigenvalue weighted by Crippen LogP contribution is 2.38. The highest BCUT2D eigenvalue weighted by Gasteiger charge is 2.45. The molecule has 1 unspecified atom stereocenters. The molecule has 0 aromatic heterocycles. The number of carbonyl (C=O) groups excluding carboxylic acids is 1. The van der Waals surface area contributed by atoms with E-state index in [1.807, 2.05) is 0 Å². The van der Waals surface area contributed by atoms with Gasteiger partial charge >= 0.3 is 18.1 Å². The Morgan fingerprint density at radius 1 is 1.06 bits per heavy atom. The maximum Gasteiger partial charge on any atom is 0.416 e. The molecule has 0 heterocycles. The fourth-order valence-electron chi connectivity index (χ4n) is 3.19. The first-order valence-corrected chi connectivity index (χ1v) is 9.77. The smallest absolute Gasteiger partial charge is 0.416 e. The van der Waals surface area contributed by atoms with Crippen LogP contribution >= 0.6 is 11.6 Å². The van der Waals surface area contributed by atoms with Crippen LogP contribution in [0.3, 0.4) is 0 Å². The van der Waals surface area contributed by atoms with Gasteiger partial charge < -0.3 is 15.2 Å². The molecule has 0 aliphatic rings. The van der Waals surface area contributed by atoms with Crippen molar-refractivity contribution < 1.29 is 50.2 Å². The van der Waals surface area contributed by atoms with Gasteiger partial charge in [-0.15, -0.1) is 0 Å². The van der Waals surface area contributed by atoms with Gasteiger partial charge in [0.05, 0.1) is 23.4 Å². The maximum absolute atomic E-state index is 14.7. The molecular formula is C21H17ClF7NO4. The number of ether oxygens (including phenoxy) is 1. The third-order valence-corrected chi connectivity index (χ3v) is 5.53. The van der Waals surface area contributed by atoms with Gasteiger partial charge in [-0.05, 0) is 24.1 Å². The first-order valence-electron chi connectivity index (χ1n) is 9.39. The van der Waals surface area contributed by atoms with Gasteiger partial charge in [-0.3, -0.25) is 0 Å². The van der Waals surface area contributed by atoms with Crippen molar-refractivity contribution in [1.82, 2.24) is 0 Å². The second-order valence-electron chi connectivity index (χ2n) is 7.53. The molecule has 0 radical (unpaired) electrons. The van der Waals surface area contributed by atoms with Crippen LogP contribution in [0, 0.1) is 29.2 Å². The standard InChI is InChI=1S/C21H17ClF7NO4/c1-8(2)20(19(32)33,30-12-5-4-9(6-11(12)22)21(27,28)29)7-10-14(23)16(25)13(18(31)34-3)17(26)15(10)24/h4-6,8,30H,7H2,1-3H3,(H,32,33). The molecule has 0 amide bonds. The number of aliphatic carboxylic acids is 1. The average Bonchev–Trinajstić information content (AvgIpc) is 2.74. The summed E-state index contributed by atoms with van der Waals surface area (Å²) in [5.74, 6) is -12.8. The van der Waals surface area contributed by atoms with Gasteiger partial charge in [0.2, 0.25) is 0 Å². The van der Waals surface area contributed by atoms with Gasteiger partial charge in [0.1, 0.15) is 11.1 Å². The number of benzene rings is 2. The predicted molar refractivity (Wildman–Crippen MR) is 107 cm³/mol. The van der Waals surface area contributed by atoms with Crippen LogP contribution in [0.5, 0.6) is 0 Å². The zero-order valence-electron chi connectivity index (χ0n) is 17.7. The molecule has 0 spiro atoms. The highest BCUT2D eigenvalue weighted by atomic mass is 35.5. The van der Waals surface area contributed by atoms with E-state index in [-0.39, 0.29) is 5.69 Å². The first kappa shape index (κ1) is 27.2. The van der Waals surface area contributed by atoms with E-state index in [0.717, 1.165) is 13.2 Å². The summed E-state index contributed by atoms with van der Waals surface area (Å²) in [5.41, 5.74) is -6.90. The zero-order chi connectivity index (χ0) is 26.2. The van der Waals surface area contributed by atoms with Crippen LogP contribution in [0.1, 0.15) is 35.3 Å². The second kappa shape index (κ2) is 9.69. The molecule has 2 rings (SSSR count). The summed E-state index contributed by atoms with van der Waals surface area (Å²) in [6.45, 7) is 2.56. The molecule has 0 bridgehead atoms. The molecular weight excluding hydrogens is 499 g/mol. The van der Waals surface area contributed by atoms with E-state index < -0.39 is 81.0 Å². The summed E-state index contributed by atoms with van der Waals surface area (Å²) in [6.07, 6.45) is -5.98. The van der Waals surface area contributed by atoms with Gasteiger partial charge in [-0.2, -0.15) is 13.2 Å². The summed E-state index contributed by atoms with van der Waals surface area (Å²) in [6, 6.07) is 1.90. The van der Waals surface area contributed by atoms with Crippen molar-refractivity contribution in [3.63, 3.8) is 0 Å². The Morgan fingerprint density at radius 2 is 1.59 bits per heavy atom. The van der Waals surface area contributed by atoms with Gasteiger partial charge in [-0.25, -0.2) is 27.2 Å². The van der Waals surface area contributed by atoms with Crippen molar-refractivity contribution in [2.75, 3.05) is 12.4 Å². The van der Waals surface area contributed by atoms with Crippen LogP contribution in [0.2, 0.25) is 5.02 Å². The van der Waals surface area contributed by atoms with Crippen LogP contribution in [0.25, 0.3) is 0 Å². The molecule has 13 heteroatoms. The minimum absolute atomic E-state index is 0.348. The molecule has 186 valence electrons. The Labute approximate surface area is 193 Å². The molecule has 0 aliphatic carbocycles. The number of esters is 1. The number of anilines is 1. The molecule has 0 saturated carbocycles. The van der Waals surface area contributed by atoms with Crippen LogP contribution in [-0.2, 0) is 22.1 Å². The lowest BCUT2D eigenvalue weighted by atomic mass is 9.79. The third kappa shape index (κ3) is 4.91. The van der Waals surface area contributed by atoms with Crippen LogP contribution < -0.4 is 5.32 Å². The van der Waals surface area contributed by atoms with E-state index in [4.69, 9.17) is 11.6 Å². The minimum atomic E-state index is -4.76. The normalized spacial score (nSPS) is 13.5. The number of rotatable bonds is 7. The monoisotopic (exact) mass is 515 g/mol. The quantitative estimate of drug-likeness (QED) is 0.275. The van der Waals surface area contributed by atoms with E-state index >= 15 is 0 Å². The van der Waals surface area contributed by atoms with Gasteiger partial charge in [0.25, 0.3) is 0 Å². The van der Waals surface area contributed by atoms with Crippen molar-refractivity contribution in [1.29, 1.82) is 0 Å². The fraction of sp³-hybridized carbons (Fsp3) is 0.333. The van der Waals surface area contributed by atoms with E-state index in [0.29, 0.717) is 12.1 Å². The molecule has 0 saturated heterocycles. The lowest BCUT2D eigenvalue weighted by molar-refractivity contribution is -0.144. The Bertz CT molecular complexity index is 1110. The number of carboxylic acid groups (broad SMARTS) is 1. The van der Waals surface area contributed by atoms with Crippen molar-refractivity contribution in [3.05, 3.63) is 63.2 Å². The lowest BCUT2D eigenvalue weighted by Crippen LogP contribution is -2.53. The Kier molecular flexibility index (Phi) is 7.76. The maximum atomic E-state index is 14.7. The van der Waals surface area contributed by atoms with Crippen molar-refractivity contribution in [2.45, 2.75) is 32.0 Å². The summed E-state index contributed by atoms with van der Waals surface area (Å²) in [7, 11) is 0.719. The van der Waals surface area contributed by atoms with E-state index in [1.54, 1.807) is 0 Å². The van der Waals surface area contributed by atoms with Crippen LogP contribution in [-0.4, -0.2) is 29.7 Å². The predicted octanol–water partition coefficient (Wildman–Crippen LogP) is 5.84. The SMILES string of the molecule is COC(=O)c1c(F)c(F)c(CC(Nc2ccc(C(F)(F)F)cc2Cl)(C(=O)O)C(C)C)c(F)c1F. The van der Waals surface area contributed by atoms with E-state index in [9.17, 15) is 45.4 Å². The summed E-state index contributed by atoms with van der Waals surface area (Å²) in [5, 5.41) is 11.7. The second-order valence-corrected chi connectivity index (χ2v) is 7.93. The topological polar surface area (TPSA) is 75.6 Å². The van der Waals surface area contributed by atoms with Gasteiger partial charge in [0.15, 0.2) is 23.3 Å². The van der Waals surface area contributed by atoms with Gasteiger partial charge in [-0.1, -0.05) is 25.4 Å². The summed E-state index contributed by atoms with van der Waals surface area (Å²) >= 11 is 5.86. The molecule has 5 nitrogen and oxygen atoms in total. The number of methoxy groups -OCH3 is 1. The first-order chi connectivity index (χ1) is 15.6. The number of hydrogen-bond donors (Lipinski definition) is 2. The largest absolute Gasteiger partial charge is 0.479 e. The average molecular weight is 516 g/mol. The molecule has 1 atom stereocenters. The minimum Gasteiger partial charge on any atom is -0.479 e. The van der Waals surface area contributed by atoms with Crippen molar-refractivity contribution in [3.8, 4) is 0 Å². The molecule has 2 aromatic rings. The molecule has 34 heavy (non-hydrogen) atoms. The van der Waals surface area contributed by atoms with Crippen molar-refractivity contribution in [2.24, 2.45) is 5.92 Å². The Balaban J connectivity index is 2.67. The van der Waals surface area contributed by atoms with Crippen LogP contribution in [0.4, 0.5) is 36.4 Å². The lowest BCUT2D eigenvalue weighted by Gasteiger charge is -2.36. The van der Waals surface area contributed by atoms with E-state index in [2.05, 4.69) is 10.1 Å². The molecule has 2 aromatic carbocycles. The molecule has 0 fully saturated rings. The number of hydrogen-bond acceptors (Lipinski definition) is 4. The summed E-state index contributed by atoms with van der Waals surface area (Å²) in [4.78, 5) is 23.7. The number of alkyl halides is 3. The van der Waals surface area contributed by atoms with Crippen molar-refractivity contribution >= 4 is 29.2 Å². The fourth-order valence-corrected chi connectivity index (χ4v) is 3.42.